The highest BCUT2D eigenvalue weighted by atomic mass is 15.4. The van der Waals surface area contributed by atoms with Crippen LogP contribution in [0.3, 0.4) is 0 Å². The van der Waals surface area contributed by atoms with Crippen molar-refractivity contribution in [2.24, 2.45) is 0 Å². The first-order valence-electron chi connectivity index (χ1n) is 7.32. The zero-order chi connectivity index (χ0) is 15.5. The summed E-state index contributed by atoms with van der Waals surface area (Å²) in [4.78, 5) is 4.44. The molecule has 1 N–H and O–H groups in total. The molecule has 4 aromatic rings. The van der Waals surface area contributed by atoms with Crippen LogP contribution < -0.4 is 5.32 Å². The van der Waals surface area contributed by atoms with Gasteiger partial charge in [-0.2, -0.15) is 4.52 Å². The van der Waals surface area contributed by atoms with Gasteiger partial charge in [-0.3, -0.25) is 0 Å². The Morgan fingerprint density at radius 2 is 1.61 bits per heavy atom. The minimum Gasteiger partial charge on any atom is -0.348 e. The lowest BCUT2D eigenvalue weighted by molar-refractivity contribution is 0.822. The van der Waals surface area contributed by atoms with E-state index >= 15 is 0 Å². The van der Waals surface area contributed by atoms with Crippen molar-refractivity contribution < 1.29 is 0 Å². The van der Waals surface area contributed by atoms with E-state index in [2.05, 4.69) is 25.6 Å². The van der Waals surface area contributed by atoms with Crippen molar-refractivity contribution >= 4 is 11.7 Å². The average molecular weight is 302 g/mol. The number of benzene rings is 2. The van der Waals surface area contributed by atoms with E-state index in [1.54, 1.807) is 4.52 Å². The topological polar surface area (TPSA) is 68.0 Å². The summed E-state index contributed by atoms with van der Waals surface area (Å²) in [5, 5.41) is 15.8. The van der Waals surface area contributed by atoms with E-state index in [1.807, 2.05) is 66.9 Å². The molecule has 0 radical (unpaired) electrons. The molecule has 6 nitrogen and oxygen atoms in total. The summed E-state index contributed by atoms with van der Waals surface area (Å²) in [5.41, 5.74) is 3.01. The van der Waals surface area contributed by atoms with Gasteiger partial charge in [-0.25, -0.2) is 4.98 Å². The molecule has 0 atom stereocenters. The van der Waals surface area contributed by atoms with Crippen LogP contribution in [0.15, 0.2) is 66.9 Å². The molecule has 0 bridgehead atoms. The molecule has 6 heteroatoms. The van der Waals surface area contributed by atoms with Crippen LogP contribution in [0.4, 0.5) is 5.95 Å². The summed E-state index contributed by atoms with van der Waals surface area (Å²) in [6, 6.07) is 20.0. The number of fused-ring (bicyclic) bond motifs is 1. The van der Waals surface area contributed by atoms with Crippen LogP contribution >= 0.6 is 0 Å². The van der Waals surface area contributed by atoms with Gasteiger partial charge in [0.2, 0.25) is 0 Å². The quantitative estimate of drug-likeness (QED) is 0.628. The highest BCUT2D eigenvalue weighted by molar-refractivity contribution is 5.60. The van der Waals surface area contributed by atoms with Crippen molar-refractivity contribution in [2.45, 2.75) is 6.54 Å². The molecular formula is C17H14N6. The van der Waals surface area contributed by atoms with Crippen LogP contribution in [0.1, 0.15) is 5.56 Å². The summed E-state index contributed by atoms with van der Waals surface area (Å²) in [5.74, 6) is 0.951. The van der Waals surface area contributed by atoms with E-state index in [1.165, 1.54) is 0 Å². The summed E-state index contributed by atoms with van der Waals surface area (Å²) < 4.78 is 1.64. The van der Waals surface area contributed by atoms with Gasteiger partial charge in [-0.15, -0.1) is 15.3 Å². The minimum absolute atomic E-state index is 0.471. The smallest absolute Gasteiger partial charge is 0.270 e. The molecule has 0 aliphatic rings. The molecule has 0 saturated carbocycles. The summed E-state index contributed by atoms with van der Waals surface area (Å²) in [6.07, 6.45) is 1.85. The fraction of sp³-hybridized carbons (Fsp3) is 0.0588. The first-order chi connectivity index (χ1) is 11.4. The molecule has 2 aromatic carbocycles. The lowest BCUT2D eigenvalue weighted by Crippen LogP contribution is -2.07. The number of anilines is 1. The van der Waals surface area contributed by atoms with Gasteiger partial charge in [-0.05, 0) is 5.56 Å². The number of hydrogen-bond acceptors (Lipinski definition) is 5. The summed E-state index contributed by atoms with van der Waals surface area (Å²) in [6.45, 7) is 0.647. The van der Waals surface area contributed by atoms with Crippen LogP contribution in [-0.4, -0.2) is 24.8 Å². The molecule has 0 aliphatic heterocycles. The molecule has 0 fully saturated rings. The van der Waals surface area contributed by atoms with Gasteiger partial charge in [0.1, 0.15) is 0 Å². The van der Waals surface area contributed by atoms with Crippen molar-refractivity contribution in [1.82, 2.24) is 24.8 Å². The molecule has 0 saturated heterocycles. The second kappa shape index (κ2) is 5.84. The molecule has 0 aliphatic carbocycles. The second-order valence-corrected chi connectivity index (χ2v) is 5.10. The molecule has 4 rings (SSSR count). The summed E-state index contributed by atoms with van der Waals surface area (Å²) in [7, 11) is 0. The SMILES string of the molecule is c1ccc(CNc2nnc3nc(-c4ccccc4)cn3n2)cc1. The van der Waals surface area contributed by atoms with Gasteiger partial charge in [0.15, 0.2) is 0 Å². The van der Waals surface area contributed by atoms with Crippen molar-refractivity contribution in [3.05, 3.63) is 72.4 Å². The Morgan fingerprint density at radius 1 is 0.870 bits per heavy atom. The Bertz CT molecular complexity index is 918. The number of nitrogens with zero attached hydrogens (tertiary/aromatic N) is 5. The molecule has 112 valence electrons. The van der Waals surface area contributed by atoms with Crippen LogP contribution in [0, 0.1) is 0 Å². The highest BCUT2D eigenvalue weighted by Crippen LogP contribution is 2.17. The predicted octanol–water partition coefficient (Wildman–Crippen LogP) is 2.80. The van der Waals surface area contributed by atoms with E-state index in [9.17, 15) is 0 Å². The van der Waals surface area contributed by atoms with E-state index in [0.717, 1.165) is 16.8 Å². The third-order valence-electron chi connectivity index (χ3n) is 3.47. The van der Waals surface area contributed by atoms with Crippen molar-refractivity contribution in [3.63, 3.8) is 0 Å². The Balaban J connectivity index is 1.58. The monoisotopic (exact) mass is 302 g/mol. The minimum atomic E-state index is 0.471. The molecule has 0 spiro atoms. The maximum absolute atomic E-state index is 4.44. The van der Waals surface area contributed by atoms with Crippen LogP contribution in [0.2, 0.25) is 0 Å². The second-order valence-electron chi connectivity index (χ2n) is 5.10. The summed E-state index contributed by atoms with van der Waals surface area (Å²) >= 11 is 0. The fourth-order valence-corrected chi connectivity index (χ4v) is 2.31. The Kier molecular flexibility index (Phi) is 3.40. The Labute approximate surface area is 132 Å². The highest BCUT2D eigenvalue weighted by Gasteiger charge is 2.07. The Morgan fingerprint density at radius 3 is 2.39 bits per heavy atom. The van der Waals surface area contributed by atoms with E-state index in [0.29, 0.717) is 18.3 Å². The number of nitrogens with one attached hydrogen (secondary N) is 1. The van der Waals surface area contributed by atoms with Crippen LogP contribution in [0.5, 0.6) is 0 Å². The number of hydrogen-bond donors (Lipinski definition) is 1. The zero-order valence-corrected chi connectivity index (χ0v) is 12.3. The lowest BCUT2D eigenvalue weighted by atomic mass is 10.2. The number of rotatable bonds is 4. The molecular weight excluding hydrogens is 288 g/mol. The molecule has 0 amide bonds. The van der Waals surface area contributed by atoms with E-state index in [-0.39, 0.29) is 0 Å². The van der Waals surface area contributed by atoms with Gasteiger partial charge in [0.25, 0.3) is 11.7 Å². The third kappa shape index (κ3) is 2.87. The number of imidazole rings is 1. The van der Waals surface area contributed by atoms with Gasteiger partial charge < -0.3 is 5.32 Å². The average Bonchev–Trinajstić information content (AvgIpc) is 3.05. The first-order valence-corrected chi connectivity index (χ1v) is 7.32. The standard InChI is InChI=1S/C17H14N6/c1-3-7-13(8-4-1)11-18-16-20-21-17-19-15(12-23(17)22-16)14-9-5-2-6-10-14/h1-10,12H,11H2,(H,18,22). The van der Waals surface area contributed by atoms with Crippen molar-refractivity contribution in [2.75, 3.05) is 5.32 Å². The molecule has 2 aromatic heterocycles. The fourth-order valence-electron chi connectivity index (χ4n) is 2.31. The number of aromatic nitrogens is 5. The Hall–Kier alpha value is -3.28. The third-order valence-corrected chi connectivity index (χ3v) is 3.47. The molecule has 2 heterocycles. The van der Waals surface area contributed by atoms with E-state index in [4.69, 9.17) is 0 Å². The van der Waals surface area contributed by atoms with Crippen LogP contribution in [0.25, 0.3) is 17.0 Å². The maximum Gasteiger partial charge on any atom is 0.270 e. The van der Waals surface area contributed by atoms with Gasteiger partial charge >= 0.3 is 0 Å². The van der Waals surface area contributed by atoms with Gasteiger partial charge in [-0.1, -0.05) is 60.7 Å². The van der Waals surface area contributed by atoms with Crippen molar-refractivity contribution in [1.29, 1.82) is 0 Å². The van der Waals surface area contributed by atoms with E-state index < -0.39 is 0 Å². The molecule has 0 unspecified atom stereocenters. The first kappa shape index (κ1) is 13.4. The predicted molar refractivity (Wildman–Crippen MR) is 87.8 cm³/mol. The lowest BCUT2D eigenvalue weighted by Gasteiger charge is -2.03. The van der Waals surface area contributed by atoms with Gasteiger partial charge in [0, 0.05) is 12.1 Å². The maximum atomic E-state index is 4.44. The molecule has 23 heavy (non-hydrogen) atoms. The zero-order valence-electron chi connectivity index (χ0n) is 12.3. The van der Waals surface area contributed by atoms with Gasteiger partial charge in [0.05, 0.1) is 11.9 Å². The van der Waals surface area contributed by atoms with Crippen molar-refractivity contribution in [3.8, 4) is 11.3 Å². The largest absolute Gasteiger partial charge is 0.348 e. The van der Waals surface area contributed by atoms with Crippen LogP contribution in [-0.2, 0) is 6.54 Å². The normalized spacial score (nSPS) is 10.8.